The molecule has 1 aromatic heterocycles. The van der Waals surface area contributed by atoms with E-state index >= 15 is 0 Å². The summed E-state index contributed by atoms with van der Waals surface area (Å²) in [5.74, 6) is -0.836. The van der Waals surface area contributed by atoms with E-state index in [-0.39, 0.29) is 6.10 Å². The van der Waals surface area contributed by atoms with Crippen molar-refractivity contribution < 1.29 is 14.6 Å². The molecule has 2 aromatic rings. The highest BCUT2D eigenvalue weighted by Crippen LogP contribution is 2.32. The summed E-state index contributed by atoms with van der Waals surface area (Å²) in [5.41, 5.74) is 0.920. The van der Waals surface area contributed by atoms with Crippen LogP contribution in [-0.2, 0) is 11.3 Å². The topological polar surface area (TPSA) is 49.8 Å². The molecule has 2 heterocycles. The molecule has 1 aliphatic heterocycles. The first-order valence-corrected chi connectivity index (χ1v) is 8.00. The Balaban J connectivity index is 1.84. The lowest BCUT2D eigenvalue weighted by Gasteiger charge is -2.20. The number of aromatic carboxylic acids is 1. The third-order valence-electron chi connectivity index (χ3n) is 3.86. The largest absolute Gasteiger partial charge is 0.477 e. The summed E-state index contributed by atoms with van der Waals surface area (Å²) >= 11 is 1.36. The van der Waals surface area contributed by atoms with Crippen LogP contribution in [0, 0.1) is 0 Å². The number of carbonyl (C=O) groups is 1. The van der Waals surface area contributed by atoms with Crippen molar-refractivity contribution in [1.29, 1.82) is 0 Å². The van der Waals surface area contributed by atoms with Crippen LogP contribution in [0.4, 0.5) is 0 Å². The zero-order valence-corrected chi connectivity index (χ0v) is 12.9. The van der Waals surface area contributed by atoms with E-state index < -0.39 is 5.97 Å². The Labute approximate surface area is 127 Å². The number of hydrogen-bond acceptors (Lipinski definition) is 4. The Bertz CT molecular complexity index is 646. The monoisotopic (exact) mass is 305 g/mol. The van der Waals surface area contributed by atoms with Gasteiger partial charge in [0.25, 0.3) is 0 Å². The standard InChI is InChI=1S/C16H19NO3S/c1-17(9-11-5-4-8-20-11)10-13-12-6-2-3-7-14(12)21-15(13)16(18)19/h2-3,6-7,11H,4-5,8-10H2,1H3,(H,18,19). The molecule has 1 fully saturated rings. The van der Waals surface area contributed by atoms with Crippen molar-refractivity contribution in [2.45, 2.75) is 25.5 Å². The van der Waals surface area contributed by atoms with Gasteiger partial charge in [0.2, 0.25) is 0 Å². The number of benzene rings is 1. The van der Waals surface area contributed by atoms with E-state index in [0.29, 0.717) is 11.4 Å². The molecule has 0 spiro atoms. The average molecular weight is 305 g/mol. The molecule has 3 rings (SSSR count). The summed E-state index contributed by atoms with van der Waals surface area (Å²) in [7, 11) is 2.03. The van der Waals surface area contributed by atoms with Crippen molar-refractivity contribution in [2.24, 2.45) is 0 Å². The van der Waals surface area contributed by atoms with Crippen LogP contribution in [0.3, 0.4) is 0 Å². The molecular weight excluding hydrogens is 286 g/mol. The Morgan fingerprint density at radius 3 is 3.00 bits per heavy atom. The Kier molecular flexibility index (Phi) is 4.24. The van der Waals surface area contributed by atoms with Gasteiger partial charge in [-0.3, -0.25) is 4.90 Å². The molecule has 1 N–H and O–H groups in total. The smallest absolute Gasteiger partial charge is 0.346 e. The molecule has 1 aliphatic rings. The SMILES string of the molecule is CN(Cc1c(C(=O)O)sc2ccccc12)CC1CCCO1. The molecule has 1 unspecified atom stereocenters. The normalized spacial score (nSPS) is 18.7. The van der Waals surface area contributed by atoms with E-state index in [9.17, 15) is 9.90 Å². The molecule has 4 nitrogen and oxygen atoms in total. The van der Waals surface area contributed by atoms with Crippen LogP contribution >= 0.6 is 11.3 Å². The molecule has 112 valence electrons. The van der Waals surface area contributed by atoms with Crippen LogP contribution in [0.15, 0.2) is 24.3 Å². The quantitative estimate of drug-likeness (QED) is 0.921. The minimum Gasteiger partial charge on any atom is -0.477 e. The van der Waals surface area contributed by atoms with Gasteiger partial charge in [0.1, 0.15) is 4.88 Å². The van der Waals surface area contributed by atoms with Gasteiger partial charge in [-0.05, 0) is 36.9 Å². The summed E-state index contributed by atoms with van der Waals surface area (Å²) in [6.45, 7) is 2.34. The lowest BCUT2D eigenvalue weighted by molar-refractivity contribution is 0.0697. The van der Waals surface area contributed by atoms with Crippen molar-refractivity contribution in [2.75, 3.05) is 20.2 Å². The minimum absolute atomic E-state index is 0.285. The van der Waals surface area contributed by atoms with Crippen LogP contribution in [-0.4, -0.2) is 42.3 Å². The van der Waals surface area contributed by atoms with Crippen LogP contribution in [0.5, 0.6) is 0 Å². The molecule has 0 amide bonds. The lowest BCUT2D eigenvalue weighted by Crippen LogP contribution is -2.28. The number of nitrogens with zero attached hydrogens (tertiary/aromatic N) is 1. The van der Waals surface area contributed by atoms with E-state index in [1.165, 1.54) is 11.3 Å². The molecule has 0 saturated carbocycles. The highest BCUT2D eigenvalue weighted by atomic mass is 32.1. The number of fused-ring (bicyclic) bond motifs is 1. The molecule has 0 radical (unpaired) electrons. The fourth-order valence-corrected chi connectivity index (χ4v) is 3.95. The van der Waals surface area contributed by atoms with Gasteiger partial charge in [0, 0.05) is 24.4 Å². The number of rotatable bonds is 5. The fourth-order valence-electron chi connectivity index (χ4n) is 2.90. The van der Waals surface area contributed by atoms with Gasteiger partial charge in [-0.25, -0.2) is 4.79 Å². The lowest BCUT2D eigenvalue weighted by atomic mass is 10.1. The van der Waals surface area contributed by atoms with Crippen LogP contribution in [0.25, 0.3) is 10.1 Å². The number of carboxylic acids is 1. The minimum atomic E-state index is -0.836. The molecular formula is C16H19NO3S. The molecule has 1 saturated heterocycles. The van der Waals surface area contributed by atoms with E-state index in [2.05, 4.69) is 4.90 Å². The van der Waals surface area contributed by atoms with Crippen molar-refractivity contribution in [1.82, 2.24) is 4.90 Å². The summed E-state index contributed by atoms with van der Waals surface area (Å²) in [6, 6.07) is 7.90. The summed E-state index contributed by atoms with van der Waals surface area (Å²) in [4.78, 5) is 14.1. The molecule has 1 aromatic carbocycles. The van der Waals surface area contributed by atoms with E-state index in [4.69, 9.17) is 4.74 Å². The van der Waals surface area contributed by atoms with Gasteiger partial charge in [0.15, 0.2) is 0 Å². The number of likely N-dealkylation sites (N-methyl/N-ethyl adjacent to an activating group) is 1. The van der Waals surface area contributed by atoms with Crippen LogP contribution in [0.1, 0.15) is 28.1 Å². The Morgan fingerprint density at radius 1 is 1.48 bits per heavy atom. The van der Waals surface area contributed by atoms with E-state index in [1.54, 1.807) is 0 Å². The zero-order chi connectivity index (χ0) is 14.8. The summed E-state index contributed by atoms with van der Waals surface area (Å²) in [6.07, 6.45) is 2.51. The third-order valence-corrected chi connectivity index (χ3v) is 5.06. The highest BCUT2D eigenvalue weighted by molar-refractivity contribution is 7.21. The molecule has 21 heavy (non-hydrogen) atoms. The van der Waals surface area contributed by atoms with Gasteiger partial charge in [-0.2, -0.15) is 0 Å². The first-order valence-electron chi connectivity index (χ1n) is 7.19. The van der Waals surface area contributed by atoms with E-state index in [0.717, 1.165) is 41.6 Å². The number of ether oxygens (including phenoxy) is 1. The van der Waals surface area contributed by atoms with Crippen molar-refractivity contribution in [3.63, 3.8) is 0 Å². The van der Waals surface area contributed by atoms with Crippen LogP contribution in [0.2, 0.25) is 0 Å². The summed E-state index contributed by atoms with van der Waals surface area (Å²) < 4.78 is 6.69. The maximum absolute atomic E-state index is 11.5. The second-order valence-electron chi connectivity index (χ2n) is 5.54. The van der Waals surface area contributed by atoms with Crippen LogP contribution < -0.4 is 0 Å². The Morgan fingerprint density at radius 2 is 2.29 bits per heavy atom. The van der Waals surface area contributed by atoms with Gasteiger partial charge >= 0.3 is 5.97 Å². The highest BCUT2D eigenvalue weighted by Gasteiger charge is 2.21. The molecule has 0 bridgehead atoms. The summed E-state index contributed by atoms with van der Waals surface area (Å²) in [5, 5.41) is 10.5. The number of carboxylic acid groups (broad SMARTS) is 1. The Hall–Kier alpha value is -1.43. The van der Waals surface area contributed by atoms with Gasteiger partial charge < -0.3 is 9.84 Å². The predicted molar refractivity (Wildman–Crippen MR) is 84.1 cm³/mol. The van der Waals surface area contributed by atoms with E-state index in [1.807, 2.05) is 31.3 Å². The zero-order valence-electron chi connectivity index (χ0n) is 12.0. The van der Waals surface area contributed by atoms with Crippen molar-refractivity contribution >= 4 is 27.4 Å². The second-order valence-corrected chi connectivity index (χ2v) is 6.60. The van der Waals surface area contributed by atoms with Gasteiger partial charge in [-0.1, -0.05) is 18.2 Å². The maximum Gasteiger partial charge on any atom is 0.346 e. The van der Waals surface area contributed by atoms with Gasteiger partial charge in [0.05, 0.1) is 6.10 Å². The van der Waals surface area contributed by atoms with Gasteiger partial charge in [-0.15, -0.1) is 11.3 Å². The van der Waals surface area contributed by atoms with Crippen molar-refractivity contribution in [3.8, 4) is 0 Å². The number of thiophene rings is 1. The average Bonchev–Trinajstić information content (AvgIpc) is 3.07. The molecule has 0 aliphatic carbocycles. The van der Waals surface area contributed by atoms with Crippen molar-refractivity contribution in [3.05, 3.63) is 34.7 Å². The molecule has 5 heteroatoms. The number of hydrogen-bond donors (Lipinski definition) is 1. The first-order chi connectivity index (χ1) is 10.1. The third kappa shape index (κ3) is 3.10. The first kappa shape index (κ1) is 14.5. The second kappa shape index (κ2) is 6.13. The fraction of sp³-hybridized carbons (Fsp3) is 0.438. The molecule has 1 atom stereocenters. The maximum atomic E-state index is 11.5. The predicted octanol–water partition coefficient (Wildman–Crippen LogP) is 3.21.